The van der Waals surface area contributed by atoms with Crippen molar-refractivity contribution >= 4 is 22.5 Å². The van der Waals surface area contributed by atoms with E-state index in [4.69, 9.17) is 4.74 Å². The lowest BCUT2D eigenvalue weighted by molar-refractivity contribution is 0.102. The first-order valence-electron chi connectivity index (χ1n) is 10.1. The summed E-state index contributed by atoms with van der Waals surface area (Å²) < 4.78 is 5.87. The Kier molecular flexibility index (Phi) is 5.23. The molecule has 0 aliphatic heterocycles. The van der Waals surface area contributed by atoms with Crippen LogP contribution in [-0.4, -0.2) is 31.5 Å². The Labute approximate surface area is 188 Å². The zero-order valence-corrected chi connectivity index (χ0v) is 17.2. The van der Waals surface area contributed by atoms with Crippen molar-refractivity contribution in [1.82, 2.24) is 25.6 Å². The molecule has 2 heterocycles. The molecule has 0 atom stereocenters. The first-order valence-corrected chi connectivity index (χ1v) is 10.1. The van der Waals surface area contributed by atoms with Gasteiger partial charge in [0.15, 0.2) is 0 Å². The highest BCUT2D eigenvalue weighted by Crippen LogP contribution is 2.27. The third-order valence-electron chi connectivity index (χ3n) is 5.07. The van der Waals surface area contributed by atoms with Crippen LogP contribution < -0.4 is 10.1 Å². The maximum absolute atomic E-state index is 13.0. The van der Waals surface area contributed by atoms with E-state index in [1.165, 1.54) is 0 Å². The molecule has 0 spiro atoms. The number of carbonyl (C=O) groups excluding carboxylic acids is 1. The maximum Gasteiger partial charge on any atom is 0.272 e. The Morgan fingerprint density at radius 1 is 1.06 bits per heavy atom. The Morgan fingerprint density at radius 2 is 1.94 bits per heavy atom. The van der Waals surface area contributed by atoms with Gasteiger partial charge in [-0.05, 0) is 47.2 Å². The molecule has 0 bridgehead atoms. The summed E-state index contributed by atoms with van der Waals surface area (Å²) in [6.07, 6.45) is 0. The number of nitrogens with one attached hydrogen (secondary N) is 3. The number of benzene rings is 3. The number of nitrogens with zero attached hydrogens (tertiary/aromatic N) is 4. The molecule has 5 aromatic rings. The molecule has 0 aliphatic rings. The molecule has 160 valence electrons. The van der Waals surface area contributed by atoms with Gasteiger partial charge in [0, 0.05) is 22.5 Å². The van der Waals surface area contributed by atoms with Gasteiger partial charge in [-0.1, -0.05) is 30.3 Å². The van der Waals surface area contributed by atoms with Gasteiger partial charge in [-0.2, -0.15) is 10.5 Å². The van der Waals surface area contributed by atoms with Gasteiger partial charge in [0.1, 0.15) is 18.1 Å². The van der Waals surface area contributed by atoms with Crippen molar-refractivity contribution in [3.63, 3.8) is 0 Å². The summed E-state index contributed by atoms with van der Waals surface area (Å²) in [5.41, 5.74) is 3.61. The lowest BCUT2D eigenvalue weighted by atomic mass is 10.1. The highest BCUT2D eigenvalue weighted by atomic mass is 16.5. The lowest BCUT2D eigenvalue weighted by Crippen LogP contribution is -2.13. The molecular weight excluding hydrogens is 418 g/mol. The van der Waals surface area contributed by atoms with Crippen molar-refractivity contribution in [3.8, 4) is 23.2 Å². The van der Waals surface area contributed by atoms with Crippen LogP contribution in [0.5, 0.6) is 5.75 Å². The van der Waals surface area contributed by atoms with Crippen LogP contribution in [0.2, 0.25) is 0 Å². The summed E-state index contributed by atoms with van der Waals surface area (Å²) in [5, 5.41) is 26.8. The second kappa shape index (κ2) is 8.64. The molecule has 2 aromatic heterocycles. The summed E-state index contributed by atoms with van der Waals surface area (Å²) in [4.78, 5) is 16.1. The van der Waals surface area contributed by atoms with Gasteiger partial charge in [-0.25, -0.2) is 0 Å². The van der Waals surface area contributed by atoms with Crippen LogP contribution in [0.3, 0.4) is 0 Å². The van der Waals surface area contributed by atoms with E-state index in [9.17, 15) is 10.1 Å². The van der Waals surface area contributed by atoms with Crippen LogP contribution in [0.15, 0.2) is 72.8 Å². The number of nitriles is 1. The predicted molar refractivity (Wildman–Crippen MR) is 121 cm³/mol. The molecule has 9 nitrogen and oxygen atoms in total. The van der Waals surface area contributed by atoms with Gasteiger partial charge in [-0.3, -0.25) is 4.79 Å². The van der Waals surface area contributed by atoms with Crippen molar-refractivity contribution < 1.29 is 9.53 Å². The summed E-state index contributed by atoms with van der Waals surface area (Å²) in [5.74, 6) is 0.637. The fraction of sp³-hybridized carbons (Fsp3) is 0.0417. The minimum atomic E-state index is -0.340. The van der Waals surface area contributed by atoms with Gasteiger partial charge < -0.3 is 15.0 Å². The molecule has 3 aromatic carbocycles. The highest BCUT2D eigenvalue weighted by molar-refractivity contribution is 6.07. The van der Waals surface area contributed by atoms with Gasteiger partial charge in [-0.15, -0.1) is 10.2 Å². The molecular formula is C24H17N7O2. The number of rotatable bonds is 6. The molecule has 0 aliphatic carbocycles. The van der Waals surface area contributed by atoms with E-state index >= 15 is 0 Å². The summed E-state index contributed by atoms with van der Waals surface area (Å²) in [6, 6.07) is 24.2. The fourth-order valence-corrected chi connectivity index (χ4v) is 3.43. The van der Waals surface area contributed by atoms with E-state index in [1.807, 2.05) is 48.5 Å². The quantitative estimate of drug-likeness (QED) is 0.369. The third-order valence-corrected chi connectivity index (χ3v) is 5.07. The number of ether oxygens (including phenoxy) is 1. The van der Waals surface area contributed by atoms with Crippen molar-refractivity contribution in [1.29, 1.82) is 5.26 Å². The average molecular weight is 435 g/mol. The number of hydrogen-bond donors (Lipinski definition) is 3. The van der Waals surface area contributed by atoms with Crippen molar-refractivity contribution in [2.24, 2.45) is 0 Å². The van der Waals surface area contributed by atoms with Gasteiger partial charge in [0.2, 0.25) is 5.82 Å². The van der Waals surface area contributed by atoms with E-state index in [2.05, 4.69) is 37.0 Å². The van der Waals surface area contributed by atoms with Crippen LogP contribution in [0.25, 0.3) is 22.3 Å². The molecule has 9 heteroatoms. The molecule has 0 fully saturated rings. The molecule has 5 rings (SSSR count). The molecule has 0 saturated carbocycles. The Balaban J connectivity index is 1.36. The van der Waals surface area contributed by atoms with Crippen LogP contribution in [0, 0.1) is 11.3 Å². The van der Waals surface area contributed by atoms with Gasteiger partial charge >= 0.3 is 0 Å². The normalized spacial score (nSPS) is 10.6. The highest BCUT2D eigenvalue weighted by Gasteiger charge is 2.16. The molecule has 1 amide bonds. The van der Waals surface area contributed by atoms with Crippen LogP contribution in [0.4, 0.5) is 5.69 Å². The molecule has 0 unspecified atom stereocenters. The molecule has 33 heavy (non-hydrogen) atoms. The van der Waals surface area contributed by atoms with Crippen LogP contribution >= 0.6 is 0 Å². The number of aromatic amines is 2. The standard InChI is InChI=1S/C24H17N7O2/c25-13-16-6-9-20(19(10-16)23-28-30-31-29-23)27-24(32)22-11-17-7-8-18(12-21(17)26-22)33-14-15-4-2-1-3-5-15/h1-12,26H,14H2,(H,27,32)(H,28,29,30,31). The number of anilines is 1. The number of aromatic nitrogens is 5. The van der Waals surface area contributed by atoms with Crippen molar-refractivity contribution in [3.05, 3.63) is 89.6 Å². The Morgan fingerprint density at radius 3 is 2.73 bits per heavy atom. The second-order valence-corrected chi connectivity index (χ2v) is 7.27. The zero-order chi connectivity index (χ0) is 22.6. The Hall–Kier alpha value is -4.97. The monoisotopic (exact) mass is 435 g/mol. The van der Waals surface area contributed by atoms with Crippen LogP contribution in [-0.2, 0) is 6.61 Å². The summed E-state index contributed by atoms with van der Waals surface area (Å²) >= 11 is 0. The predicted octanol–water partition coefficient (Wildman–Crippen LogP) is 4.05. The number of tetrazole rings is 1. The zero-order valence-electron chi connectivity index (χ0n) is 17.2. The van der Waals surface area contributed by atoms with Gasteiger partial charge in [0.25, 0.3) is 5.91 Å². The largest absolute Gasteiger partial charge is 0.489 e. The number of amides is 1. The fourth-order valence-electron chi connectivity index (χ4n) is 3.43. The maximum atomic E-state index is 13.0. The number of carbonyl (C=O) groups is 1. The number of H-pyrrole nitrogens is 2. The van der Waals surface area contributed by atoms with E-state index in [0.29, 0.717) is 34.9 Å². The van der Waals surface area contributed by atoms with E-state index in [1.54, 1.807) is 24.3 Å². The summed E-state index contributed by atoms with van der Waals surface area (Å²) in [7, 11) is 0. The van der Waals surface area contributed by atoms with E-state index < -0.39 is 0 Å². The Bertz CT molecular complexity index is 1470. The first-order chi connectivity index (χ1) is 16.2. The van der Waals surface area contributed by atoms with Crippen molar-refractivity contribution in [2.45, 2.75) is 6.61 Å². The van der Waals surface area contributed by atoms with E-state index in [0.717, 1.165) is 16.5 Å². The smallest absolute Gasteiger partial charge is 0.272 e. The minimum Gasteiger partial charge on any atom is -0.489 e. The third kappa shape index (κ3) is 4.26. The average Bonchev–Trinajstić information content (AvgIpc) is 3.53. The number of fused-ring (bicyclic) bond motifs is 1. The second-order valence-electron chi connectivity index (χ2n) is 7.27. The lowest BCUT2D eigenvalue weighted by Gasteiger charge is -2.08. The topological polar surface area (TPSA) is 132 Å². The molecule has 0 saturated heterocycles. The molecule has 3 N–H and O–H groups in total. The minimum absolute atomic E-state index is 0.277. The van der Waals surface area contributed by atoms with E-state index in [-0.39, 0.29) is 11.7 Å². The van der Waals surface area contributed by atoms with Crippen LogP contribution in [0.1, 0.15) is 21.6 Å². The molecule has 0 radical (unpaired) electrons. The first kappa shape index (κ1) is 20.0. The van der Waals surface area contributed by atoms with Crippen molar-refractivity contribution in [2.75, 3.05) is 5.32 Å². The SMILES string of the molecule is N#Cc1ccc(NC(=O)c2cc3ccc(OCc4ccccc4)cc3[nH]2)c(-c2nn[nH]n2)c1. The number of hydrogen-bond acceptors (Lipinski definition) is 6. The van der Waals surface area contributed by atoms with Gasteiger partial charge in [0.05, 0.1) is 17.3 Å². The summed E-state index contributed by atoms with van der Waals surface area (Å²) in [6.45, 7) is 0.456.